The van der Waals surface area contributed by atoms with E-state index in [1.165, 1.54) is 34.5 Å². The lowest BCUT2D eigenvalue weighted by molar-refractivity contribution is -0.141. The first-order valence-electron chi connectivity index (χ1n) is 17.7. The van der Waals surface area contributed by atoms with E-state index in [1.807, 2.05) is 74.5 Å². The molecule has 15 heteroatoms. The molecule has 53 heavy (non-hydrogen) atoms. The molecule has 2 aromatic carbocycles. The first-order valence-corrected chi connectivity index (χ1v) is 19.4. The van der Waals surface area contributed by atoms with Gasteiger partial charge in [0.2, 0.25) is 17.7 Å². The number of carbonyl (C=O) groups excluding carboxylic acids is 5. The number of aromatic nitrogens is 2. The van der Waals surface area contributed by atoms with Crippen LogP contribution >= 0.6 is 22.7 Å². The molecule has 0 aliphatic carbocycles. The minimum Gasteiger partial charge on any atom is -0.391 e. The van der Waals surface area contributed by atoms with Crippen LogP contribution in [-0.4, -0.2) is 80.3 Å². The number of benzene rings is 2. The Kier molecular flexibility index (Phi) is 12.0. The smallest absolute Gasteiger partial charge is 0.271 e. The molecule has 4 bridgehead atoms. The van der Waals surface area contributed by atoms with E-state index in [-0.39, 0.29) is 30.3 Å². The lowest BCUT2D eigenvalue weighted by Crippen LogP contribution is -2.59. The van der Waals surface area contributed by atoms with E-state index in [2.05, 4.69) is 31.2 Å². The van der Waals surface area contributed by atoms with Crippen molar-refractivity contribution in [2.75, 3.05) is 6.54 Å². The number of hydrogen-bond acceptors (Lipinski definition) is 10. The summed E-state index contributed by atoms with van der Waals surface area (Å²) >= 11 is 2.43. The van der Waals surface area contributed by atoms with Crippen molar-refractivity contribution >= 4 is 52.2 Å². The van der Waals surface area contributed by atoms with E-state index >= 15 is 0 Å². The maximum absolute atomic E-state index is 14.3. The van der Waals surface area contributed by atoms with Crippen LogP contribution in [0.2, 0.25) is 0 Å². The number of nitrogens with zero attached hydrogens (tertiary/aromatic N) is 3. The number of nitrogens with one attached hydrogen (secondary N) is 4. The predicted molar refractivity (Wildman–Crippen MR) is 200 cm³/mol. The fraction of sp³-hybridized carbons (Fsp3) is 0.395. The Bertz CT molecular complexity index is 1930. The highest BCUT2D eigenvalue weighted by molar-refractivity contribution is 7.10. The zero-order valence-corrected chi connectivity index (χ0v) is 31.3. The largest absolute Gasteiger partial charge is 0.391 e. The number of aliphatic hydroxyl groups excluding tert-OH is 1. The van der Waals surface area contributed by atoms with E-state index in [1.54, 1.807) is 10.8 Å². The van der Waals surface area contributed by atoms with Gasteiger partial charge in [-0.15, -0.1) is 22.7 Å². The van der Waals surface area contributed by atoms with Crippen molar-refractivity contribution in [2.24, 2.45) is 5.92 Å². The monoisotopic (exact) mass is 757 g/mol. The van der Waals surface area contributed by atoms with Gasteiger partial charge < -0.3 is 31.3 Å². The van der Waals surface area contributed by atoms with Crippen LogP contribution in [0.1, 0.15) is 87.8 Å². The fourth-order valence-electron chi connectivity index (χ4n) is 6.57. The second-order valence-corrected chi connectivity index (χ2v) is 15.5. The van der Waals surface area contributed by atoms with Crippen molar-refractivity contribution < 1.29 is 29.1 Å². The summed E-state index contributed by atoms with van der Waals surface area (Å²) < 4.78 is 0. The molecule has 0 saturated carbocycles. The van der Waals surface area contributed by atoms with Gasteiger partial charge in [-0.3, -0.25) is 24.0 Å². The van der Waals surface area contributed by atoms with Crippen molar-refractivity contribution in [1.29, 1.82) is 0 Å². The van der Waals surface area contributed by atoms with Gasteiger partial charge in [-0.05, 0) is 43.2 Å². The summed E-state index contributed by atoms with van der Waals surface area (Å²) in [6.45, 7) is 5.46. The Morgan fingerprint density at radius 2 is 1.25 bits per heavy atom. The Morgan fingerprint density at radius 1 is 0.717 bits per heavy atom. The molecule has 4 aromatic rings. The molecule has 6 atom stereocenters. The van der Waals surface area contributed by atoms with Crippen LogP contribution < -0.4 is 21.3 Å². The van der Waals surface area contributed by atoms with Crippen LogP contribution in [-0.2, 0) is 27.2 Å². The molecule has 2 aromatic heterocycles. The minimum atomic E-state index is -1.34. The summed E-state index contributed by atoms with van der Waals surface area (Å²) in [6, 6.07) is 14.3. The van der Waals surface area contributed by atoms with Crippen LogP contribution in [0.4, 0.5) is 0 Å². The quantitative estimate of drug-likeness (QED) is 0.199. The Morgan fingerprint density at radius 3 is 1.83 bits per heavy atom. The van der Waals surface area contributed by atoms with Gasteiger partial charge in [-0.2, -0.15) is 0 Å². The van der Waals surface area contributed by atoms with E-state index in [4.69, 9.17) is 0 Å². The summed E-state index contributed by atoms with van der Waals surface area (Å²) in [4.78, 5) is 80.0. The number of rotatable bonds is 6. The van der Waals surface area contributed by atoms with Crippen molar-refractivity contribution in [3.63, 3.8) is 0 Å². The molecular formula is C38H43N7O6S2. The standard InChI is InChI=1S/C38H43N7O6S2/c1-21(2)30-37-42-28(20-53-37)32(47)39-25(17-23-11-6-4-7-12-23)36-41-27(19-52-36)33(48)40-26(18-24-13-8-5-9-14-24)38(51)45-16-10-15-29(45)34(49)44-31(22(3)46)35(50)43-30/h4-9,11-14,19-22,25-26,29-31,46H,10,15-18H2,1-3H3,(H,39,47)(H,40,48)(H,43,50)(H,44,49)/t22-,25+,26-,29-,30-,31-/m0/s1. The zero-order chi connectivity index (χ0) is 37.6. The zero-order valence-electron chi connectivity index (χ0n) is 29.7. The van der Waals surface area contributed by atoms with Gasteiger partial charge in [0, 0.05) is 23.7 Å². The fourth-order valence-corrected chi connectivity index (χ4v) is 8.44. The molecule has 0 unspecified atom stereocenters. The van der Waals surface area contributed by atoms with Crippen molar-refractivity contribution in [3.05, 3.63) is 104 Å². The topological polar surface area (TPSA) is 183 Å². The summed E-state index contributed by atoms with van der Waals surface area (Å²) in [5.41, 5.74) is 1.98. The molecule has 5 N–H and O–H groups in total. The highest BCUT2D eigenvalue weighted by Crippen LogP contribution is 2.28. The van der Waals surface area contributed by atoms with E-state index < -0.39 is 65.8 Å². The van der Waals surface area contributed by atoms with Crippen LogP contribution in [0.15, 0.2) is 71.4 Å². The molecule has 0 radical (unpaired) electrons. The van der Waals surface area contributed by atoms with Crippen LogP contribution in [0.3, 0.4) is 0 Å². The van der Waals surface area contributed by atoms with Gasteiger partial charge in [0.05, 0.1) is 18.2 Å². The van der Waals surface area contributed by atoms with E-state index in [9.17, 15) is 29.1 Å². The Balaban J connectivity index is 1.39. The van der Waals surface area contributed by atoms with Gasteiger partial charge in [-0.1, -0.05) is 74.5 Å². The molecule has 1 fully saturated rings. The average Bonchev–Trinajstić information content (AvgIpc) is 3.94. The highest BCUT2D eigenvalue weighted by atomic mass is 32.1. The summed E-state index contributed by atoms with van der Waals surface area (Å²) in [7, 11) is 0. The van der Waals surface area contributed by atoms with Crippen molar-refractivity contribution in [2.45, 2.75) is 82.8 Å². The van der Waals surface area contributed by atoms with Gasteiger partial charge in [-0.25, -0.2) is 9.97 Å². The predicted octanol–water partition coefficient (Wildman–Crippen LogP) is 3.34. The third kappa shape index (κ3) is 8.98. The lowest BCUT2D eigenvalue weighted by atomic mass is 10.0. The molecular weight excluding hydrogens is 715 g/mol. The average molecular weight is 758 g/mol. The van der Waals surface area contributed by atoms with Crippen LogP contribution in [0.25, 0.3) is 0 Å². The molecule has 4 heterocycles. The number of aliphatic hydroxyl groups is 1. The maximum atomic E-state index is 14.3. The molecule has 2 aliphatic rings. The van der Waals surface area contributed by atoms with Crippen LogP contribution in [0, 0.1) is 5.92 Å². The molecule has 13 nitrogen and oxygen atoms in total. The molecule has 2 aliphatic heterocycles. The number of carbonyl (C=O) groups is 5. The number of hydrogen-bond donors (Lipinski definition) is 5. The Labute approximate surface area is 315 Å². The van der Waals surface area contributed by atoms with Crippen molar-refractivity contribution in [3.8, 4) is 0 Å². The first kappa shape index (κ1) is 37.8. The van der Waals surface area contributed by atoms with Crippen molar-refractivity contribution in [1.82, 2.24) is 36.1 Å². The second-order valence-electron chi connectivity index (χ2n) is 13.7. The van der Waals surface area contributed by atoms with E-state index in [0.29, 0.717) is 29.3 Å². The van der Waals surface area contributed by atoms with Gasteiger partial charge in [0.1, 0.15) is 39.5 Å². The molecule has 278 valence electrons. The summed E-state index contributed by atoms with van der Waals surface area (Å²) in [6.07, 6.45) is 0.146. The van der Waals surface area contributed by atoms with Gasteiger partial charge >= 0.3 is 0 Å². The summed E-state index contributed by atoms with van der Waals surface area (Å²) in [5, 5.41) is 26.4. The number of fused-ring (bicyclic) bond motifs is 5. The number of amides is 5. The highest BCUT2D eigenvalue weighted by Gasteiger charge is 2.40. The lowest BCUT2D eigenvalue weighted by Gasteiger charge is -2.31. The van der Waals surface area contributed by atoms with E-state index in [0.717, 1.165) is 11.1 Å². The molecule has 6 rings (SSSR count). The molecule has 5 amide bonds. The molecule has 1 saturated heterocycles. The van der Waals surface area contributed by atoms with Crippen LogP contribution in [0.5, 0.6) is 0 Å². The first-order chi connectivity index (χ1) is 25.5. The van der Waals surface area contributed by atoms with Gasteiger partial charge in [0.15, 0.2) is 0 Å². The third-order valence-electron chi connectivity index (χ3n) is 9.41. The molecule has 0 spiro atoms. The van der Waals surface area contributed by atoms with Gasteiger partial charge in [0.25, 0.3) is 11.8 Å². The summed E-state index contributed by atoms with van der Waals surface area (Å²) in [5.74, 6) is -2.87. The maximum Gasteiger partial charge on any atom is 0.271 e. The SMILES string of the molecule is CC(C)[C@@H]1NC(=O)[C@H]([C@H](C)O)NC(=O)[C@@H]2CCCN2C(=O)[C@H](Cc2ccccc2)NC(=O)c2csc(n2)[C@@H](Cc2ccccc2)NC(=O)c2csc1n2. The Hall–Kier alpha value is -4.99. The second kappa shape index (κ2) is 16.8. The third-order valence-corrected chi connectivity index (χ3v) is 11.3. The minimum absolute atomic E-state index is 0.0878. The number of thiazole rings is 2. The normalized spacial score (nSPS) is 23.7.